The molecule has 134 valence electrons. The van der Waals surface area contributed by atoms with Gasteiger partial charge in [-0.3, -0.25) is 29.5 Å². The van der Waals surface area contributed by atoms with Crippen LogP contribution in [0.2, 0.25) is 10.0 Å². The van der Waals surface area contributed by atoms with Crippen LogP contribution in [0, 0.1) is 10.1 Å². The third-order valence-electron chi connectivity index (χ3n) is 3.99. The Morgan fingerprint density at radius 3 is 2.50 bits per heavy atom. The second kappa shape index (κ2) is 7.03. The smallest absolute Gasteiger partial charge is 0.282 e. The Labute approximate surface area is 158 Å². The van der Waals surface area contributed by atoms with Gasteiger partial charge in [0.1, 0.15) is 5.56 Å². The number of rotatable bonds is 5. The zero-order valence-corrected chi connectivity index (χ0v) is 15.1. The van der Waals surface area contributed by atoms with Crippen molar-refractivity contribution in [3.63, 3.8) is 0 Å². The van der Waals surface area contributed by atoms with Crippen molar-refractivity contribution in [3.05, 3.63) is 73.2 Å². The highest BCUT2D eigenvalue weighted by Crippen LogP contribution is 2.31. The number of fused-ring (bicyclic) bond motifs is 1. The third-order valence-corrected chi connectivity index (χ3v) is 4.73. The van der Waals surface area contributed by atoms with E-state index in [1.165, 1.54) is 18.2 Å². The van der Waals surface area contributed by atoms with E-state index in [2.05, 4.69) is 0 Å². The molecule has 0 radical (unpaired) electrons. The molecule has 2 aromatic rings. The standard InChI is InChI=1S/C17H13Cl2N3O4/c1-20(8-10-5-6-12(18)13(19)7-10)9-21-16(23)11-3-2-4-14(22(25)26)15(11)17(21)24/h2-7H,8-9H2,1H3. The largest absolute Gasteiger partial charge is 0.284 e. The number of nitrogens with zero attached hydrogens (tertiary/aromatic N) is 3. The molecule has 0 spiro atoms. The van der Waals surface area contributed by atoms with Gasteiger partial charge in [0.05, 0.1) is 27.2 Å². The number of carbonyl (C=O) groups excluding carboxylic acids is 2. The highest BCUT2D eigenvalue weighted by atomic mass is 35.5. The Morgan fingerprint density at radius 1 is 1.12 bits per heavy atom. The van der Waals surface area contributed by atoms with Crippen LogP contribution in [0.1, 0.15) is 26.3 Å². The summed E-state index contributed by atoms with van der Waals surface area (Å²) in [5.74, 6) is -1.21. The van der Waals surface area contributed by atoms with Crippen LogP contribution in [-0.2, 0) is 6.54 Å². The van der Waals surface area contributed by atoms with Gasteiger partial charge in [0.15, 0.2) is 0 Å². The van der Waals surface area contributed by atoms with E-state index in [0.29, 0.717) is 16.6 Å². The molecule has 2 aromatic carbocycles. The van der Waals surface area contributed by atoms with Crippen LogP contribution in [-0.4, -0.2) is 40.3 Å². The fourth-order valence-electron chi connectivity index (χ4n) is 2.84. The van der Waals surface area contributed by atoms with Gasteiger partial charge in [-0.05, 0) is 30.8 Å². The maximum Gasteiger partial charge on any atom is 0.282 e. The molecule has 0 fully saturated rings. The zero-order valence-electron chi connectivity index (χ0n) is 13.6. The van der Waals surface area contributed by atoms with Crippen molar-refractivity contribution in [1.82, 2.24) is 9.80 Å². The van der Waals surface area contributed by atoms with Gasteiger partial charge in [-0.15, -0.1) is 0 Å². The molecule has 0 aliphatic carbocycles. The molecule has 7 nitrogen and oxygen atoms in total. The summed E-state index contributed by atoms with van der Waals surface area (Å²) in [5, 5.41) is 12.0. The normalized spacial score (nSPS) is 13.5. The molecule has 0 atom stereocenters. The van der Waals surface area contributed by atoms with Crippen molar-refractivity contribution >= 4 is 40.7 Å². The molecular formula is C17H13Cl2N3O4. The molecule has 2 amide bonds. The summed E-state index contributed by atoms with van der Waals surface area (Å²) in [6.45, 7) is 0.399. The number of hydrogen-bond donors (Lipinski definition) is 0. The van der Waals surface area contributed by atoms with Crippen LogP contribution >= 0.6 is 23.2 Å². The molecule has 1 heterocycles. The predicted molar refractivity (Wildman–Crippen MR) is 96.4 cm³/mol. The lowest BCUT2D eigenvalue weighted by molar-refractivity contribution is -0.385. The summed E-state index contributed by atoms with van der Waals surface area (Å²) in [4.78, 5) is 38.2. The first kappa shape index (κ1) is 18.3. The lowest BCUT2D eigenvalue weighted by Crippen LogP contribution is -2.39. The predicted octanol–water partition coefficient (Wildman–Crippen LogP) is 3.59. The molecule has 26 heavy (non-hydrogen) atoms. The zero-order chi connectivity index (χ0) is 19.0. The van der Waals surface area contributed by atoms with Crippen LogP contribution in [0.15, 0.2) is 36.4 Å². The molecule has 3 rings (SSSR count). The number of nitro groups is 1. The van der Waals surface area contributed by atoms with Crippen LogP contribution in [0.3, 0.4) is 0 Å². The van der Waals surface area contributed by atoms with Crippen molar-refractivity contribution < 1.29 is 14.5 Å². The first-order valence-corrected chi connectivity index (χ1v) is 8.31. The third kappa shape index (κ3) is 3.29. The van der Waals surface area contributed by atoms with Gasteiger partial charge < -0.3 is 0 Å². The molecular weight excluding hydrogens is 381 g/mol. The number of imide groups is 1. The molecule has 1 aliphatic heterocycles. The fourth-order valence-corrected chi connectivity index (χ4v) is 3.16. The minimum Gasteiger partial charge on any atom is -0.284 e. The lowest BCUT2D eigenvalue weighted by atomic mass is 10.1. The molecule has 0 saturated carbocycles. The van der Waals surface area contributed by atoms with Crippen LogP contribution in [0.5, 0.6) is 0 Å². The topological polar surface area (TPSA) is 83.8 Å². The van der Waals surface area contributed by atoms with Gasteiger partial charge in [0.2, 0.25) is 0 Å². The maximum atomic E-state index is 12.6. The summed E-state index contributed by atoms with van der Waals surface area (Å²) in [7, 11) is 1.72. The molecule has 0 saturated heterocycles. The molecule has 0 unspecified atom stereocenters. The average molecular weight is 394 g/mol. The Morgan fingerprint density at radius 2 is 1.85 bits per heavy atom. The highest BCUT2D eigenvalue weighted by Gasteiger charge is 2.41. The van der Waals surface area contributed by atoms with E-state index in [-0.39, 0.29) is 23.5 Å². The van der Waals surface area contributed by atoms with Gasteiger partial charge in [0, 0.05) is 12.6 Å². The molecule has 0 N–H and O–H groups in total. The van der Waals surface area contributed by atoms with E-state index in [4.69, 9.17) is 23.2 Å². The van der Waals surface area contributed by atoms with Gasteiger partial charge >= 0.3 is 0 Å². The first-order valence-electron chi connectivity index (χ1n) is 7.55. The van der Waals surface area contributed by atoms with E-state index in [1.54, 1.807) is 30.1 Å². The lowest BCUT2D eigenvalue weighted by Gasteiger charge is -2.23. The van der Waals surface area contributed by atoms with Crippen molar-refractivity contribution in [1.29, 1.82) is 0 Å². The van der Waals surface area contributed by atoms with E-state index < -0.39 is 16.7 Å². The van der Waals surface area contributed by atoms with Crippen molar-refractivity contribution in [2.24, 2.45) is 0 Å². The van der Waals surface area contributed by atoms with Gasteiger partial charge in [-0.1, -0.05) is 35.3 Å². The van der Waals surface area contributed by atoms with Crippen LogP contribution < -0.4 is 0 Å². The van der Waals surface area contributed by atoms with Crippen LogP contribution in [0.25, 0.3) is 0 Å². The summed E-state index contributed by atoms with van der Waals surface area (Å²) >= 11 is 11.9. The van der Waals surface area contributed by atoms with E-state index >= 15 is 0 Å². The Balaban J connectivity index is 1.79. The summed E-state index contributed by atoms with van der Waals surface area (Å²) in [5.41, 5.74) is 0.373. The number of carbonyl (C=O) groups is 2. The number of amides is 2. The number of halogens is 2. The molecule has 9 heteroatoms. The number of nitro benzene ring substituents is 1. The van der Waals surface area contributed by atoms with Crippen molar-refractivity contribution in [2.75, 3.05) is 13.7 Å². The Kier molecular flexibility index (Phi) is 4.95. The fraction of sp³-hybridized carbons (Fsp3) is 0.176. The summed E-state index contributed by atoms with van der Waals surface area (Å²) in [6.07, 6.45) is 0. The minimum absolute atomic E-state index is 0.0102. The average Bonchev–Trinajstić information content (AvgIpc) is 2.83. The van der Waals surface area contributed by atoms with Crippen molar-refractivity contribution in [3.8, 4) is 0 Å². The molecule has 1 aliphatic rings. The summed E-state index contributed by atoms with van der Waals surface area (Å²) in [6, 6.07) is 9.18. The van der Waals surface area contributed by atoms with Crippen LogP contribution in [0.4, 0.5) is 5.69 Å². The van der Waals surface area contributed by atoms with E-state index in [1.807, 2.05) is 0 Å². The SMILES string of the molecule is CN(Cc1ccc(Cl)c(Cl)c1)CN1C(=O)c2cccc([N+](=O)[O-])c2C1=O. The quantitative estimate of drug-likeness (QED) is 0.440. The maximum absolute atomic E-state index is 12.6. The van der Waals surface area contributed by atoms with Gasteiger partial charge in [-0.25, -0.2) is 0 Å². The number of hydrogen-bond acceptors (Lipinski definition) is 5. The van der Waals surface area contributed by atoms with Crippen molar-refractivity contribution in [2.45, 2.75) is 6.54 Å². The highest BCUT2D eigenvalue weighted by molar-refractivity contribution is 6.42. The van der Waals surface area contributed by atoms with Gasteiger partial charge in [0.25, 0.3) is 17.5 Å². The Hall–Kier alpha value is -2.48. The van der Waals surface area contributed by atoms with Gasteiger partial charge in [-0.2, -0.15) is 0 Å². The molecule has 0 aromatic heterocycles. The van der Waals surface area contributed by atoms with E-state index in [0.717, 1.165) is 10.5 Å². The second-order valence-electron chi connectivity index (χ2n) is 5.90. The molecule has 0 bridgehead atoms. The minimum atomic E-state index is -0.668. The number of benzene rings is 2. The second-order valence-corrected chi connectivity index (χ2v) is 6.71. The van der Waals surface area contributed by atoms with E-state index in [9.17, 15) is 19.7 Å². The monoisotopic (exact) mass is 393 g/mol. The first-order chi connectivity index (χ1) is 12.3. The summed E-state index contributed by atoms with van der Waals surface area (Å²) < 4.78 is 0. The Bertz CT molecular complexity index is 932.